The van der Waals surface area contributed by atoms with Gasteiger partial charge in [-0.2, -0.15) is 5.26 Å². The number of piperidine rings is 1. The molecule has 5 nitrogen and oxygen atoms in total. The molecular formula is C19H26N2O3. The molecule has 0 N–H and O–H groups in total. The quantitative estimate of drug-likeness (QED) is 0.804. The van der Waals surface area contributed by atoms with E-state index in [1.54, 1.807) is 31.2 Å². The van der Waals surface area contributed by atoms with Gasteiger partial charge in [-0.05, 0) is 49.9 Å². The fraction of sp³-hybridized carbons (Fsp3) is 0.579. The number of carbonyl (C=O) groups excluding carboxylic acids is 1. The standard InChI is InChI=1S/C19H26N2O3/c1-14(2)13-23-17-8-10-21(11-9-17)19(22)15(3)24-18-6-4-16(12-20)5-7-18/h4-7,14-15,17H,8-11,13H2,1-3H3. The zero-order chi connectivity index (χ0) is 17.5. The maximum Gasteiger partial charge on any atom is 0.263 e. The van der Waals surface area contributed by atoms with Crippen molar-refractivity contribution in [2.75, 3.05) is 19.7 Å². The lowest BCUT2D eigenvalue weighted by atomic mass is 10.1. The highest BCUT2D eigenvalue weighted by atomic mass is 16.5. The highest BCUT2D eigenvalue weighted by Crippen LogP contribution is 2.18. The number of amides is 1. The molecule has 0 aromatic heterocycles. The molecule has 1 fully saturated rings. The molecule has 1 aliphatic heterocycles. The molecule has 1 amide bonds. The third-order valence-electron chi connectivity index (χ3n) is 4.06. The lowest BCUT2D eigenvalue weighted by molar-refractivity contribution is -0.140. The minimum absolute atomic E-state index is 0.00155. The van der Waals surface area contributed by atoms with Crippen molar-refractivity contribution in [1.82, 2.24) is 4.90 Å². The molecule has 1 unspecified atom stereocenters. The highest BCUT2D eigenvalue weighted by molar-refractivity contribution is 5.81. The van der Waals surface area contributed by atoms with Gasteiger partial charge in [-0.1, -0.05) is 13.8 Å². The van der Waals surface area contributed by atoms with Crippen molar-refractivity contribution < 1.29 is 14.3 Å². The smallest absolute Gasteiger partial charge is 0.263 e. The average molecular weight is 330 g/mol. The van der Waals surface area contributed by atoms with Crippen molar-refractivity contribution in [2.24, 2.45) is 5.92 Å². The number of hydrogen-bond acceptors (Lipinski definition) is 4. The van der Waals surface area contributed by atoms with Crippen LogP contribution in [0.1, 0.15) is 39.2 Å². The summed E-state index contributed by atoms with van der Waals surface area (Å²) in [6, 6.07) is 8.86. The van der Waals surface area contributed by atoms with Crippen LogP contribution in [-0.4, -0.2) is 42.7 Å². The van der Waals surface area contributed by atoms with Gasteiger partial charge in [-0.15, -0.1) is 0 Å². The van der Waals surface area contributed by atoms with Crippen LogP contribution in [0.25, 0.3) is 0 Å². The van der Waals surface area contributed by atoms with E-state index in [2.05, 4.69) is 19.9 Å². The Morgan fingerprint density at radius 1 is 1.25 bits per heavy atom. The predicted octanol–water partition coefficient (Wildman–Crippen LogP) is 2.99. The van der Waals surface area contributed by atoms with Crippen LogP contribution in [0.4, 0.5) is 0 Å². The molecule has 0 aliphatic carbocycles. The molecule has 0 spiro atoms. The number of likely N-dealkylation sites (tertiary alicyclic amines) is 1. The van der Waals surface area contributed by atoms with Gasteiger partial charge in [-0.25, -0.2) is 0 Å². The van der Waals surface area contributed by atoms with E-state index < -0.39 is 6.10 Å². The third-order valence-corrected chi connectivity index (χ3v) is 4.06. The molecule has 1 aliphatic rings. The van der Waals surface area contributed by atoms with Gasteiger partial charge in [0.1, 0.15) is 5.75 Å². The van der Waals surface area contributed by atoms with Crippen molar-refractivity contribution in [3.63, 3.8) is 0 Å². The van der Waals surface area contributed by atoms with Crippen LogP contribution in [0.5, 0.6) is 5.75 Å². The molecule has 1 atom stereocenters. The summed E-state index contributed by atoms with van der Waals surface area (Å²) in [7, 11) is 0. The van der Waals surface area contributed by atoms with Crippen LogP contribution >= 0.6 is 0 Å². The summed E-state index contributed by atoms with van der Waals surface area (Å²) in [5.74, 6) is 1.14. The zero-order valence-corrected chi connectivity index (χ0v) is 14.7. The number of benzene rings is 1. The van der Waals surface area contributed by atoms with Crippen LogP contribution < -0.4 is 4.74 Å². The molecule has 24 heavy (non-hydrogen) atoms. The molecule has 1 saturated heterocycles. The Morgan fingerprint density at radius 3 is 2.42 bits per heavy atom. The van der Waals surface area contributed by atoms with Gasteiger partial charge in [0.15, 0.2) is 6.10 Å². The predicted molar refractivity (Wildman–Crippen MR) is 91.6 cm³/mol. The first-order chi connectivity index (χ1) is 11.5. The largest absolute Gasteiger partial charge is 0.481 e. The Morgan fingerprint density at radius 2 is 1.88 bits per heavy atom. The van der Waals surface area contributed by atoms with Crippen molar-refractivity contribution >= 4 is 5.91 Å². The van der Waals surface area contributed by atoms with E-state index >= 15 is 0 Å². The number of nitrogens with zero attached hydrogens (tertiary/aromatic N) is 2. The summed E-state index contributed by atoms with van der Waals surface area (Å²) in [6.45, 7) is 8.24. The normalized spacial score (nSPS) is 16.7. The van der Waals surface area contributed by atoms with Gasteiger partial charge in [0, 0.05) is 19.7 Å². The SMILES string of the molecule is CC(C)COC1CCN(C(=O)C(C)Oc2ccc(C#N)cc2)CC1. The first kappa shape index (κ1) is 18.3. The maximum atomic E-state index is 12.5. The van der Waals surface area contributed by atoms with E-state index in [9.17, 15) is 4.79 Å². The summed E-state index contributed by atoms with van der Waals surface area (Å²) in [5, 5.41) is 8.80. The maximum absolute atomic E-state index is 12.5. The van der Waals surface area contributed by atoms with E-state index in [4.69, 9.17) is 14.7 Å². The van der Waals surface area contributed by atoms with Gasteiger partial charge in [0.2, 0.25) is 0 Å². The molecule has 2 rings (SSSR count). The van der Waals surface area contributed by atoms with Crippen LogP contribution in [0.2, 0.25) is 0 Å². The average Bonchev–Trinajstić information content (AvgIpc) is 2.60. The number of carbonyl (C=O) groups is 1. The Kier molecular flexibility index (Phi) is 6.62. The second kappa shape index (κ2) is 8.70. The summed E-state index contributed by atoms with van der Waals surface area (Å²) < 4.78 is 11.6. The lowest BCUT2D eigenvalue weighted by Crippen LogP contribution is -2.46. The number of nitriles is 1. The van der Waals surface area contributed by atoms with Gasteiger partial charge >= 0.3 is 0 Å². The minimum Gasteiger partial charge on any atom is -0.481 e. The van der Waals surface area contributed by atoms with Crippen molar-refractivity contribution in [2.45, 2.75) is 45.8 Å². The fourth-order valence-electron chi connectivity index (χ4n) is 2.69. The monoisotopic (exact) mass is 330 g/mol. The van der Waals surface area contributed by atoms with Crippen molar-refractivity contribution in [1.29, 1.82) is 5.26 Å². The van der Waals surface area contributed by atoms with Gasteiger partial charge < -0.3 is 14.4 Å². The van der Waals surface area contributed by atoms with Crippen molar-refractivity contribution in [3.05, 3.63) is 29.8 Å². The summed E-state index contributed by atoms with van der Waals surface area (Å²) in [5.41, 5.74) is 0.574. The van der Waals surface area contributed by atoms with E-state index in [-0.39, 0.29) is 12.0 Å². The van der Waals surface area contributed by atoms with E-state index in [0.717, 1.165) is 19.4 Å². The molecule has 0 bridgehead atoms. The summed E-state index contributed by atoms with van der Waals surface area (Å²) in [4.78, 5) is 14.4. The first-order valence-corrected chi connectivity index (χ1v) is 8.56. The highest BCUT2D eigenvalue weighted by Gasteiger charge is 2.27. The Labute approximate surface area is 144 Å². The lowest BCUT2D eigenvalue weighted by Gasteiger charge is -2.33. The second-order valence-electron chi connectivity index (χ2n) is 6.65. The van der Waals surface area contributed by atoms with Crippen LogP contribution in [0.15, 0.2) is 24.3 Å². The van der Waals surface area contributed by atoms with Crippen LogP contribution in [0, 0.1) is 17.2 Å². The van der Waals surface area contributed by atoms with Crippen molar-refractivity contribution in [3.8, 4) is 11.8 Å². The number of ether oxygens (including phenoxy) is 2. The zero-order valence-electron chi connectivity index (χ0n) is 14.7. The van der Waals surface area contributed by atoms with E-state index in [0.29, 0.717) is 30.3 Å². The molecule has 1 aromatic carbocycles. The molecule has 0 radical (unpaired) electrons. The molecular weight excluding hydrogens is 304 g/mol. The van der Waals surface area contributed by atoms with E-state index in [1.165, 1.54) is 0 Å². The topological polar surface area (TPSA) is 62.6 Å². The second-order valence-corrected chi connectivity index (χ2v) is 6.65. The number of hydrogen-bond donors (Lipinski definition) is 0. The Hall–Kier alpha value is -2.06. The number of rotatable bonds is 6. The summed E-state index contributed by atoms with van der Waals surface area (Å²) >= 11 is 0. The van der Waals surface area contributed by atoms with Gasteiger partial charge in [0.25, 0.3) is 5.91 Å². The van der Waals surface area contributed by atoms with Crippen LogP contribution in [0.3, 0.4) is 0 Å². The van der Waals surface area contributed by atoms with Gasteiger partial charge in [0.05, 0.1) is 17.7 Å². The first-order valence-electron chi connectivity index (χ1n) is 8.56. The summed E-state index contributed by atoms with van der Waals surface area (Å²) in [6.07, 6.45) is 1.47. The Balaban J connectivity index is 1.80. The third kappa shape index (κ3) is 5.24. The van der Waals surface area contributed by atoms with E-state index in [1.807, 2.05) is 4.90 Å². The van der Waals surface area contributed by atoms with Gasteiger partial charge in [-0.3, -0.25) is 4.79 Å². The molecule has 1 heterocycles. The molecule has 130 valence electrons. The molecule has 1 aromatic rings. The fourth-order valence-corrected chi connectivity index (χ4v) is 2.69. The van der Waals surface area contributed by atoms with Crippen LogP contribution in [-0.2, 0) is 9.53 Å². The minimum atomic E-state index is -0.536. The Bertz CT molecular complexity index is 569. The molecule has 0 saturated carbocycles. The molecule has 5 heteroatoms.